The molecule has 0 atom stereocenters. The van der Waals surface area contributed by atoms with Crippen molar-refractivity contribution in [3.05, 3.63) is 70.6 Å². The molecule has 0 bridgehead atoms. The van der Waals surface area contributed by atoms with E-state index in [0.717, 1.165) is 59.6 Å². The zero-order chi connectivity index (χ0) is 20.7. The van der Waals surface area contributed by atoms with E-state index in [9.17, 15) is 9.18 Å². The third-order valence-electron chi connectivity index (χ3n) is 7.06. The molecule has 30 heavy (non-hydrogen) atoms. The molecular formula is C25H24BrFN2O. The monoisotopic (exact) mass is 466 g/mol. The van der Waals surface area contributed by atoms with E-state index in [2.05, 4.69) is 32.3 Å². The summed E-state index contributed by atoms with van der Waals surface area (Å²) < 4.78 is 14.8. The summed E-state index contributed by atoms with van der Waals surface area (Å²) in [5, 5.41) is 4.00. The number of carbonyl (C=O) groups is 1. The molecule has 3 aromatic rings. The number of pyridine rings is 1. The maximum atomic E-state index is 13.8. The van der Waals surface area contributed by atoms with Crippen molar-refractivity contribution in [3.63, 3.8) is 0 Å². The van der Waals surface area contributed by atoms with Gasteiger partial charge in [-0.25, -0.2) is 4.39 Å². The van der Waals surface area contributed by atoms with Gasteiger partial charge in [-0.05, 0) is 104 Å². The highest BCUT2D eigenvalue weighted by Gasteiger charge is 2.47. The quantitative estimate of drug-likeness (QED) is 0.459. The second kappa shape index (κ2) is 7.77. The van der Waals surface area contributed by atoms with Crippen molar-refractivity contribution in [2.75, 3.05) is 5.32 Å². The highest BCUT2D eigenvalue weighted by molar-refractivity contribution is 9.10. The lowest BCUT2D eigenvalue weighted by Gasteiger charge is -2.52. The Bertz CT molecular complexity index is 1080. The van der Waals surface area contributed by atoms with Crippen LogP contribution in [0.5, 0.6) is 0 Å². The molecule has 1 N–H and O–H groups in total. The van der Waals surface area contributed by atoms with Crippen LogP contribution in [-0.4, -0.2) is 10.9 Å². The number of amides is 1. The second-order valence-electron chi connectivity index (χ2n) is 8.94. The Morgan fingerprint density at radius 2 is 1.80 bits per heavy atom. The lowest BCUT2D eigenvalue weighted by Crippen LogP contribution is -2.41. The molecule has 0 radical (unpaired) electrons. The average Bonchev–Trinajstić information content (AvgIpc) is 2.73. The minimum absolute atomic E-state index is 0.0918. The molecule has 0 unspecified atom stereocenters. The van der Waals surface area contributed by atoms with Crippen molar-refractivity contribution < 1.29 is 9.18 Å². The molecule has 2 aromatic carbocycles. The van der Waals surface area contributed by atoms with Crippen LogP contribution in [0.25, 0.3) is 10.9 Å². The van der Waals surface area contributed by atoms with Crippen molar-refractivity contribution in [1.29, 1.82) is 0 Å². The Hall–Kier alpha value is -2.27. The first-order valence-electron chi connectivity index (χ1n) is 10.6. The van der Waals surface area contributed by atoms with Crippen LogP contribution in [0.1, 0.15) is 50.0 Å². The Balaban J connectivity index is 1.21. The highest BCUT2D eigenvalue weighted by Crippen LogP contribution is 2.59. The standard InChI is InChI=1S/C25H24BrFN2O/c26-18-1-4-20(5-2-18)29-24(30)16-7-10-25(11-8-16)14-17(15-25)21-9-12-28-23-6-3-19(27)13-22(21)23/h1-6,9,12-13,16-17H,7-8,10-11,14-15H2,(H,29,30). The predicted octanol–water partition coefficient (Wildman–Crippen LogP) is 6.83. The van der Waals surface area contributed by atoms with E-state index in [1.54, 1.807) is 12.1 Å². The van der Waals surface area contributed by atoms with Crippen LogP contribution in [0.4, 0.5) is 10.1 Å². The highest BCUT2D eigenvalue weighted by atomic mass is 79.9. The molecule has 154 valence electrons. The largest absolute Gasteiger partial charge is 0.326 e. The zero-order valence-corrected chi connectivity index (χ0v) is 18.3. The van der Waals surface area contributed by atoms with Gasteiger partial charge in [0.15, 0.2) is 0 Å². The van der Waals surface area contributed by atoms with Gasteiger partial charge in [-0.3, -0.25) is 9.78 Å². The first-order chi connectivity index (χ1) is 14.5. The fourth-order valence-corrected chi connectivity index (χ4v) is 5.64. The van der Waals surface area contributed by atoms with Gasteiger partial charge in [0.25, 0.3) is 0 Å². The summed E-state index contributed by atoms with van der Waals surface area (Å²) in [5.41, 5.74) is 3.29. The third-order valence-corrected chi connectivity index (χ3v) is 7.59. The van der Waals surface area contributed by atoms with Gasteiger partial charge in [0.2, 0.25) is 5.91 Å². The molecule has 2 fully saturated rings. The van der Waals surface area contributed by atoms with Crippen molar-refractivity contribution in [2.45, 2.75) is 44.4 Å². The summed E-state index contributed by atoms with van der Waals surface area (Å²) in [5.74, 6) is 0.487. The van der Waals surface area contributed by atoms with Gasteiger partial charge in [0.1, 0.15) is 5.82 Å². The normalized spacial score (nSPS) is 25.8. The van der Waals surface area contributed by atoms with Gasteiger partial charge in [-0.1, -0.05) is 15.9 Å². The Morgan fingerprint density at radius 3 is 2.53 bits per heavy atom. The molecule has 0 saturated heterocycles. The molecule has 1 heterocycles. The Kier molecular flexibility index (Phi) is 5.10. The maximum absolute atomic E-state index is 13.8. The lowest BCUT2D eigenvalue weighted by molar-refractivity contribution is -0.122. The van der Waals surface area contributed by atoms with Crippen LogP contribution in [0.2, 0.25) is 0 Å². The van der Waals surface area contributed by atoms with Crippen LogP contribution < -0.4 is 5.32 Å². The van der Waals surface area contributed by atoms with Crippen LogP contribution in [0, 0.1) is 17.2 Å². The van der Waals surface area contributed by atoms with Crippen LogP contribution in [0.3, 0.4) is 0 Å². The zero-order valence-electron chi connectivity index (χ0n) is 16.7. The number of nitrogens with zero attached hydrogens (tertiary/aromatic N) is 1. The number of hydrogen-bond donors (Lipinski definition) is 1. The van der Waals surface area contributed by atoms with Crippen LogP contribution in [0.15, 0.2) is 59.2 Å². The van der Waals surface area contributed by atoms with Gasteiger partial charge in [0.05, 0.1) is 5.52 Å². The number of halogens is 2. The number of hydrogen-bond acceptors (Lipinski definition) is 2. The van der Waals surface area contributed by atoms with Gasteiger partial charge in [0, 0.05) is 27.7 Å². The number of fused-ring (bicyclic) bond motifs is 1. The summed E-state index contributed by atoms with van der Waals surface area (Å²) in [6.45, 7) is 0. The minimum Gasteiger partial charge on any atom is -0.326 e. The van der Waals surface area contributed by atoms with E-state index in [0.29, 0.717) is 11.3 Å². The van der Waals surface area contributed by atoms with Crippen molar-refractivity contribution in [3.8, 4) is 0 Å². The molecule has 1 spiro atoms. The predicted molar refractivity (Wildman–Crippen MR) is 121 cm³/mol. The molecule has 0 aliphatic heterocycles. The summed E-state index contributed by atoms with van der Waals surface area (Å²) in [4.78, 5) is 17.1. The number of carbonyl (C=O) groups excluding carboxylic acids is 1. The number of benzene rings is 2. The molecular weight excluding hydrogens is 443 g/mol. The fraction of sp³-hybridized carbons (Fsp3) is 0.360. The SMILES string of the molecule is O=C(Nc1ccc(Br)cc1)C1CCC2(CC1)CC(c1ccnc3ccc(F)cc13)C2. The van der Waals surface area contributed by atoms with E-state index >= 15 is 0 Å². The van der Waals surface area contributed by atoms with Crippen LogP contribution in [-0.2, 0) is 4.79 Å². The summed E-state index contributed by atoms with van der Waals surface area (Å²) in [6.07, 6.45) is 8.18. The maximum Gasteiger partial charge on any atom is 0.227 e. The number of rotatable bonds is 3. The lowest BCUT2D eigenvalue weighted by atomic mass is 9.53. The van der Waals surface area contributed by atoms with Crippen molar-refractivity contribution in [2.24, 2.45) is 11.3 Å². The first kappa shape index (κ1) is 19.7. The van der Waals surface area contributed by atoms with Gasteiger partial charge in [-0.15, -0.1) is 0 Å². The molecule has 1 amide bonds. The van der Waals surface area contributed by atoms with Gasteiger partial charge >= 0.3 is 0 Å². The minimum atomic E-state index is -0.205. The summed E-state index contributed by atoms with van der Waals surface area (Å²) in [6, 6.07) is 14.6. The average molecular weight is 467 g/mol. The number of nitrogens with one attached hydrogen (secondary N) is 1. The van der Waals surface area contributed by atoms with E-state index < -0.39 is 0 Å². The first-order valence-corrected chi connectivity index (χ1v) is 11.4. The van der Waals surface area contributed by atoms with Gasteiger partial charge in [-0.2, -0.15) is 0 Å². The molecule has 5 heteroatoms. The molecule has 3 nitrogen and oxygen atoms in total. The Morgan fingerprint density at radius 1 is 1.07 bits per heavy atom. The molecule has 2 aliphatic rings. The van der Waals surface area contributed by atoms with Crippen molar-refractivity contribution in [1.82, 2.24) is 4.98 Å². The van der Waals surface area contributed by atoms with E-state index in [1.165, 1.54) is 11.6 Å². The summed E-state index contributed by atoms with van der Waals surface area (Å²) >= 11 is 3.42. The van der Waals surface area contributed by atoms with E-state index in [4.69, 9.17) is 0 Å². The fourth-order valence-electron chi connectivity index (χ4n) is 5.38. The van der Waals surface area contributed by atoms with Crippen LogP contribution >= 0.6 is 15.9 Å². The molecule has 2 aliphatic carbocycles. The molecule has 1 aromatic heterocycles. The van der Waals surface area contributed by atoms with E-state index in [-0.39, 0.29) is 17.6 Å². The Labute approximate surface area is 184 Å². The number of aromatic nitrogens is 1. The molecule has 5 rings (SSSR count). The van der Waals surface area contributed by atoms with E-state index in [1.807, 2.05) is 30.5 Å². The second-order valence-corrected chi connectivity index (χ2v) is 9.85. The van der Waals surface area contributed by atoms with Crippen molar-refractivity contribution >= 4 is 38.4 Å². The topological polar surface area (TPSA) is 42.0 Å². The van der Waals surface area contributed by atoms with Gasteiger partial charge < -0.3 is 5.32 Å². The number of anilines is 1. The third kappa shape index (κ3) is 3.76. The summed E-state index contributed by atoms with van der Waals surface area (Å²) in [7, 11) is 0. The smallest absolute Gasteiger partial charge is 0.227 e. The molecule has 2 saturated carbocycles.